The number of nitrogens with one attached hydrogen (secondary N) is 2. The zero-order valence-corrected chi connectivity index (χ0v) is 21.6. The fourth-order valence-electron chi connectivity index (χ4n) is 4.06. The van der Waals surface area contributed by atoms with Gasteiger partial charge in [-0.25, -0.2) is 0 Å². The van der Waals surface area contributed by atoms with Crippen molar-refractivity contribution in [3.8, 4) is 0 Å². The van der Waals surface area contributed by atoms with E-state index in [2.05, 4.69) is 31.5 Å². The molecule has 9 heteroatoms. The first kappa shape index (κ1) is 25.6. The number of piperidine rings is 1. The molecule has 1 atom stereocenters. The summed E-state index contributed by atoms with van der Waals surface area (Å²) in [5.74, 6) is -0.154. The van der Waals surface area contributed by atoms with Crippen LogP contribution in [0.2, 0.25) is 0 Å². The Hall–Kier alpha value is -3.07. The molecule has 0 radical (unpaired) electrons. The summed E-state index contributed by atoms with van der Waals surface area (Å²) in [4.78, 5) is 34.0. The molecule has 0 spiro atoms. The van der Waals surface area contributed by atoms with Crippen LogP contribution in [0.25, 0.3) is 0 Å². The van der Waals surface area contributed by atoms with Gasteiger partial charge in [0.1, 0.15) is 0 Å². The van der Waals surface area contributed by atoms with Gasteiger partial charge < -0.3 is 26.2 Å². The quantitative estimate of drug-likeness (QED) is 0.350. The van der Waals surface area contributed by atoms with Crippen molar-refractivity contribution in [1.82, 2.24) is 14.8 Å². The molecule has 0 bridgehead atoms. The number of nitrogen functional groups attached to an aromatic ring is 1. The number of hydrogen-bond donors (Lipinski definition) is 3. The molecule has 0 unspecified atom stereocenters. The number of allylic oxidation sites excluding steroid dienone is 1. The third-order valence-electron chi connectivity index (χ3n) is 5.91. The molecule has 1 aromatic carbocycles. The highest BCUT2D eigenvalue weighted by Gasteiger charge is 2.27. The van der Waals surface area contributed by atoms with E-state index >= 15 is 0 Å². The lowest BCUT2D eigenvalue weighted by atomic mass is 10.0. The Balaban J connectivity index is 1.77. The smallest absolute Gasteiger partial charge is 0.255 e. The van der Waals surface area contributed by atoms with E-state index in [4.69, 9.17) is 5.73 Å². The minimum absolute atomic E-state index is 0.0264. The molecule has 2 aromatic rings. The second-order valence-electron chi connectivity index (χ2n) is 8.45. The predicted molar refractivity (Wildman–Crippen MR) is 141 cm³/mol. The van der Waals surface area contributed by atoms with Crippen molar-refractivity contribution in [2.24, 2.45) is 0 Å². The minimum atomic E-state index is -0.0984. The van der Waals surface area contributed by atoms with Gasteiger partial charge in [-0.3, -0.25) is 14.6 Å². The van der Waals surface area contributed by atoms with Gasteiger partial charge in [-0.2, -0.15) is 0 Å². The van der Waals surface area contributed by atoms with Crippen molar-refractivity contribution in [2.45, 2.75) is 32.2 Å². The van der Waals surface area contributed by atoms with Crippen LogP contribution >= 0.6 is 15.9 Å². The highest BCUT2D eigenvalue weighted by Crippen LogP contribution is 2.31. The Morgan fingerprint density at radius 1 is 1.32 bits per heavy atom. The molecule has 182 valence electrons. The van der Waals surface area contributed by atoms with Gasteiger partial charge in [0.25, 0.3) is 11.8 Å². The van der Waals surface area contributed by atoms with Gasteiger partial charge in [0.05, 0.1) is 28.2 Å². The molecule has 1 aliphatic heterocycles. The Labute approximate surface area is 209 Å². The van der Waals surface area contributed by atoms with Crippen molar-refractivity contribution in [2.75, 3.05) is 50.1 Å². The van der Waals surface area contributed by atoms with Crippen LogP contribution in [0.5, 0.6) is 0 Å². The van der Waals surface area contributed by atoms with Gasteiger partial charge in [-0.05, 0) is 44.4 Å². The van der Waals surface area contributed by atoms with Crippen molar-refractivity contribution in [3.05, 3.63) is 58.3 Å². The zero-order valence-electron chi connectivity index (χ0n) is 20.0. The van der Waals surface area contributed by atoms with E-state index in [1.165, 1.54) is 0 Å². The number of anilines is 3. The average molecular weight is 529 g/mol. The number of hydrogen-bond acceptors (Lipinski definition) is 6. The largest absolute Gasteiger partial charge is 0.397 e. The number of pyridine rings is 1. The van der Waals surface area contributed by atoms with Gasteiger partial charge in [-0.15, -0.1) is 0 Å². The lowest BCUT2D eigenvalue weighted by Gasteiger charge is -2.34. The molecule has 34 heavy (non-hydrogen) atoms. The van der Waals surface area contributed by atoms with Crippen LogP contribution in [0.4, 0.5) is 17.1 Å². The summed E-state index contributed by atoms with van der Waals surface area (Å²) in [5.41, 5.74) is 9.32. The van der Waals surface area contributed by atoms with E-state index in [1.54, 1.807) is 49.6 Å². The number of nitrogens with zero attached hydrogens (tertiary/aromatic N) is 3. The summed E-state index contributed by atoms with van der Waals surface area (Å²) >= 11 is 3.47. The SMILES string of the molecule is C/C=C\CCN(C)C(=O)c1cc(Br)cc(N)c1N[C@@H]1CCCN(C(=O)c2cncc(NC)c2)C1. The molecule has 2 amide bonds. The Kier molecular flexibility index (Phi) is 8.92. The maximum Gasteiger partial charge on any atom is 0.255 e. The van der Waals surface area contributed by atoms with E-state index in [1.807, 2.05) is 24.0 Å². The van der Waals surface area contributed by atoms with Crippen LogP contribution in [0.1, 0.15) is 46.9 Å². The molecular formula is C25H33BrN6O2. The third-order valence-corrected chi connectivity index (χ3v) is 6.37. The fraction of sp³-hybridized carbons (Fsp3) is 0.400. The molecule has 0 saturated carbocycles. The summed E-state index contributed by atoms with van der Waals surface area (Å²) in [6.45, 7) is 3.77. The van der Waals surface area contributed by atoms with Crippen LogP contribution < -0.4 is 16.4 Å². The van der Waals surface area contributed by atoms with Crippen LogP contribution in [0.3, 0.4) is 0 Å². The maximum atomic E-state index is 13.2. The number of likely N-dealkylation sites (tertiary alicyclic amines) is 1. The Morgan fingerprint density at radius 3 is 2.85 bits per heavy atom. The van der Waals surface area contributed by atoms with Crippen LogP contribution in [0.15, 0.2) is 47.2 Å². The van der Waals surface area contributed by atoms with Crippen molar-refractivity contribution in [3.63, 3.8) is 0 Å². The van der Waals surface area contributed by atoms with Crippen LogP contribution in [-0.2, 0) is 0 Å². The molecule has 2 heterocycles. The van der Waals surface area contributed by atoms with E-state index in [9.17, 15) is 9.59 Å². The lowest BCUT2D eigenvalue weighted by Crippen LogP contribution is -2.45. The van der Waals surface area contributed by atoms with Crippen LogP contribution in [-0.4, -0.2) is 66.4 Å². The highest BCUT2D eigenvalue weighted by atomic mass is 79.9. The van der Waals surface area contributed by atoms with Crippen LogP contribution in [0, 0.1) is 0 Å². The summed E-state index contributed by atoms with van der Waals surface area (Å²) in [5, 5.41) is 6.49. The summed E-state index contributed by atoms with van der Waals surface area (Å²) in [6.07, 6.45) is 9.80. The molecule has 1 aromatic heterocycles. The number of halogens is 1. The summed E-state index contributed by atoms with van der Waals surface area (Å²) in [7, 11) is 3.59. The zero-order chi connectivity index (χ0) is 24.7. The number of carbonyl (C=O) groups is 2. The number of nitrogens with two attached hydrogens (primary N) is 1. The predicted octanol–water partition coefficient (Wildman–Crippen LogP) is 4.22. The highest BCUT2D eigenvalue weighted by molar-refractivity contribution is 9.10. The Bertz CT molecular complexity index is 1060. The second kappa shape index (κ2) is 11.9. The summed E-state index contributed by atoms with van der Waals surface area (Å²) < 4.78 is 0.748. The van der Waals surface area contributed by atoms with Gasteiger partial charge in [0.2, 0.25) is 0 Å². The first-order valence-corrected chi connectivity index (χ1v) is 12.3. The first-order chi connectivity index (χ1) is 16.3. The molecule has 4 N–H and O–H groups in total. The van der Waals surface area contributed by atoms with Gasteiger partial charge in [-0.1, -0.05) is 28.1 Å². The number of aromatic nitrogens is 1. The number of carbonyl (C=O) groups excluding carboxylic acids is 2. The van der Waals surface area contributed by atoms with E-state index in [0.29, 0.717) is 42.1 Å². The van der Waals surface area contributed by atoms with Gasteiger partial charge in [0, 0.05) is 56.6 Å². The summed E-state index contributed by atoms with van der Waals surface area (Å²) in [6, 6.07) is 5.37. The van der Waals surface area contributed by atoms with Gasteiger partial charge in [0.15, 0.2) is 0 Å². The monoisotopic (exact) mass is 528 g/mol. The first-order valence-electron chi connectivity index (χ1n) is 11.5. The normalized spacial score (nSPS) is 15.9. The number of rotatable bonds is 8. The third kappa shape index (κ3) is 6.28. The second-order valence-corrected chi connectivity index (χ2v) is 9.36. The molecule has 0 aliphatic carbocycles. The lowest BCUT2D eigenvalue weighted by molar-refractivity contribution is 0.0713. The van der Waals surface area contributed by atoms with E-state index in [0.717, 1.165) is 29.4 Å². The molecule has 1 aliphatic rings. The standard InChI is InChI=1S/C25H33BrN6O2/c1-4-5-6-9-31(3)25(34)21-12-18(26)13-22(27)23(21)30-19-8-7-10-32(16-19)24(33)17-11-20(28-2)15-29-14-17/h4-5,11-15,19,28,30H,6-10,16,27H2,1-3H3/b5-4-/t19-/m1/s1. The maximum absolute atomic E-state index is 13.2. The topological polar surface area (TPSA) is 104 Å². The molecule has 1 saturated heterocycles. The van der Waals surface area contributed by atoms with Crippen molar-refractivity contribution in [1.29, 1.82) is 0 Å². The molecular weight excluding hydrogens is 496 g/mol. The molecule has 8 nitrogen and oxygen atoms in total. The van der Waals surface area contributed by atoms with Crippen molar-refractivity contribution >= 4 is 44.8 Å². The Morgan fingerprint density at radius 2 is 2.12 bits per heavy atom. The van der Waals surface area contributed by atoms with Gasteiger partial charge >= 0.3 is 0 Å². The minimum Gasteiger partial charge on any atom is -0.397 e. The van der Waals surface area contributed by atoms with E-state index < -0.39 is 0 Å². The molecule has 1 fully saturated rings. The molecule has 3 rings (SSSR count). The number of benzene rings is 1. The number of amides is 2. The van der Waals surface area contributed by atoms with E-state index in [-0.39, 0.29) is 17.9 Å². The fourth-order valence-corrected chi connectivity index (χ4v) is 4.53. The van der Waals surface area contributed by atoms with Crippen molar-refractivity contribution < 1.29 is 9.59 Å². The average Bonchev–Trinajstić information content (AvgIpc) is 2.84.